The number of fused-ring (bicyclic) bond motifs is 9. The van der Waals surface area contributed by atoms with Gasteiger partial charge >= 0.3 is 0 Å². The van der Waals surface area contributed by atoms with E-state index in [1.165, 1.54) is 10.8 Å². The SMILES string of the molecule is N#Cc1cccc(-n2c3ccccc3c3c(C#N)cccc32)c1-c1ccccc1-n1c2ccccc2c2c(-n3c4ccccc4c4ccccc43)cccc21. The Kier molecular flexibility index (Phi) is 6.61. The monoisotopic (exact) mass is 699 g/mol. The summed E-state index contributed by atoms with van der Waals surface area (Å²) in [5, 5.41) is 27.6. The van der Waals surface area contributed by atoms with E-state index in [0.717, 1.165) is 82.8 Å². The second-order valence-electron chi connectivity index (χ2n) is 13.9. The Bertz CT molecular complexity index is 3420. The van der Waals surface area contributed by atoms with Gasteiger partial charge in [-0.1, -0.05) is 109 Å². The molecule has 55 heavy (non-hydrogen) atoms. The Morgan fingerprint density at radius 1 is 0.309 bits per heavy atom. The fraction of sp³-hybridized carbons (Fsp3) is 0. The summed E-state index contributed by atoms with van der Waals surface area (Å²) in [6.07, 6.45) is 0. The molecule has 5 heteroatoms. The van der Waals surface area contributed by atoms with Crippen LogP contribution in [-0.2, 0) is 0 Å². The molecule has 0 unspecified atom stereocenters. The van der Waals surface area contributed by atoms with Crippen molar-refractivity contribution in [1.29, 1.82) is 10.5 Å². The van der Waals surface area contributed by atoms with Crippen molar-refractivity contribution in [1.82, 2.24) is 13.7 Å². The van der Waals surface area contributed by atoms with E-state index in [9.17, 15) is 10.5 Å². The molecule has 254 valence electrons. The molecule has 0 aliphatic carbocycles. The number of hydrogen-bond donors (Lipinski definition) is 0. The highest BCUT2D eigenvalue weighted by Crippen LogP contribution is 2.44. The molecule has 5 nitrogen and oxygen atoms in total. The summed E-state index contributed by atoms with van der Waals surface area (Å²) in [7, 11) is 0. The summed E-state index contributed by atoms with van der Waals surface area (Å²) in [6, 6.07) is 65.8. The van der Waals surface area contributed by atoms with Crippen LogP contribution in [0.3, 0.4) is 0 Å². The molecule has 0 N–H and O–H groups in total. The topological polar surface area (TPSA) is 62.4 Å². The van der Waals surface area contributed by atoms with Gasteiger partial charge < -0.3 is 13.7 Å². The number of hydrogen-bond acceptors (Lipinski definition) is 2. The average molecular weight is 700 g/mol. The van der Waals surface area contributed by atoms with Crippen molar-refractivity contribution in [3.63, 3.8) is 0 Å². The molecule has 0 saturated carbocycles. The molecule has 8 aromatic carbocycles. The van der Waals surface area contributed by atoms with E-state index in [-0.39, 0.29) is 0 Å². The normalized spacial score (nSPS) is 11.6. The molecule has 0 atom stereocenters. The highest BCUT2D eigenvalue weighted by atomic mass is 15.0. The minimum atomic E-state index is 0.569. The van der Waals surface area contributed by atoms with Crippen molar-refractivity contribution < 1.29 is 0 Å². The van der Waals surface area contributed by atoms with Gasteiger partial charge in [-0.25, -0.2) is 0 Å². The fourth-order valence-electron chi connectivity index (χ4n) is 8.98. The molecule has 0 radical (unpaired) electrons. The smallest absolute Gasteiger partial charge is 0.0998 e. The highest BCUT2D eigenvalue weighted by molar-refractivity contribution is 6.17. The number of para-hydroxylation sites is 5. The zero-order valence-corrected chi connectivity index (χ0v) is 29.5. The Labute approximate surface area is 316 Å². The van der Waals surface area contributed by atoms with Gasteiger partial charge in [0.25, 0.3) is 0 Å². The number of benzene rings is 8. The van der Waals surface area contributed by atoms with Crippen molar-refractivity contribution in [3.8, 4) is 40.3 Å². The second kappa shape index (κ2) is 11.8. The highest BCUT2D eigenvalue weighted by Gasteiger charge is 2.24. The molecule has 3 heterocycles. The van der Waals surface area contributed by atoms with Crippen LogP contribution in [0.25, 0.3) is 93.6 Å². The van der Waals surface area contributed by atoms with E-state index in [1.54, 1.807) is 0 Å². The van der Waals surface area contributed by atoms with E-state index in [4.69, 9.17) is 0 Å². The molecule has 11 aromatic rings. The van der Waals surface area contributed by atoms with E-state index < -0.39 is 0 Å². The Morgan fingerprint density at radius 2 is 0.709 bits per heavy atom. The van der Waals surface area contributed by atoms with Gasteiger partial charge in [-0.15, -0.1) is 0 Å². The third kappa shape index (κ3) is 4.27. The maximum atomic E-state index is 10.8. The van der Waals surface area contributed by atoms with Crippen molar-refractivity contribution >= 4 is 65.4 Å². The first-order chi connectivity index (χ1) is 27.3. The van der Waals surface area contributed by atoms with Crippen molar-refractivity contribution in [2.45, 2.75) is 0 Å². The van der Waals surface area contributed by atoms with Crippen LogP contribution in [-0.4, -0.2) is 13.7 Å². The third-order valence-electron chi connectivity index (χ3n) is 11.1. The number of nitriles is 2. The standard InChI is InChI=1S/C50H29N5/c51-30-32-14-11-26-44(55-42-24-9-4-19-37(42)49-33(31-52)15-12-27-45(49)55)48(32)36-18-3-8-23-41(36)54-43-25-10-5-20-38(43)50-46(28-13-29-47(50)54)53-39-21-6-1-16-34(39)35-17-2-7-22-40(35)53/h1-29H. The van der Waals surface area contributed by atoms with Crippen LogP contribution < -0.4 is 0 Å². The van der Waals surface area contributed by atoms with Gasteiger partial charge in [0.15, 0.2) is 0 Å². The molecular weight excluding hydrogens is 671 g/mol. The van der Waals surface area contributed by atoms with Crippen LogP contribution in [0.5, 0.6) is 0 Å². The molecule has 0 saturated heterocycles. The first kappa shape index (κ1) is 30.7. The Hall–Kier alpha value is -7.86. The lowest BCUT2D eigenvalue weighted by atomic mass is 9.96. The maximum absolute atomic E-state index is 10.8. The minimum Gasteiger partial charge on any atom is -0.309 e. The van der Waals surface area contributed by atoms with E-state index in [0.29, 0.717) is 11.1 Å². The van der Waals surface area contributed by atoms with E-state index in [2.05, 4.69) is 159 Å². The van der Waals surface area contributed by atoms with E-state index >= 15 is 0 Å². The van der Waals surface area contributed by atoms with Crippen LogP contribution in [0.2, 0.25) is 0 Å². The first-order valence-electron chi connectivity index (χ1n) is 18.3. The van der Waals surface area contributed by atoms with Crippen LogP contribution in [0.1, 0.15) is 11.1 Å². The lowest BCUT2D eigenvalue weighted by Crippen LogP contribution is -2.03. The van der Waals surface area contributed by atoms with Crippen LogP contribution in [0, 0.1) is 22.7 Å². The Morgan fingerprint density at radius 3 is 1.36 bits per heavy atom. The summed E-state index contributed by atoms with van der Waals surface area (Å²) < 4.78 is 6.97. The minimum absolute atomic E-state index is 0.569. The molecule has 0 fully saturated rings. The molecule has 11 rings (SSSR count). The predicted molar refractivity (Wildman–Crippen MR) is 224 cm³/mol. The average Bonchev–Trinajstić information content (AvgIpc) is 3.89. The summed E-state index contributed by atoms with van der Waals surface area (Å²) in [6.45, 7) is 0. The van der Waals surface area contributed by atoms with Crippen LogP contribution in [0.4, 0.5) is 0 Å². The summed E-state index contributed by atoms with van der Waals surface area (Å²) in [5.74, 6) is 0. The predicted octanol–water partition coefficient (Wildman–Crippen LogP) is 12.4. The van der Waals surface area contributed by atoms with Crippen LogP contribution in [0.15, 0.2) is 176 Å². The van der Waals surface area contributed by atoms with Gasteiger partial charge in [0, 0.05) is 43.4 Å². The van der Waals surface area contributed by atoms with Gasteiger partial charge in [-0.3, -0.25) is 0 Å². The van der Waals surface area contributed by atoms with Gasteiger partial charge in [0.1, 0.15) is 0 Å². The third-order valence-corrected chi connectivity index (χ3v) is 11.1. The number of nitrogens with zero attached hydrogens (tertiary/aromatic N) is 5. The zero-order valence-electron chi connectivity index (χ0n) is 29.5. The lowest BCUT2D eigenvalue weighted by molar-refractivity contribution is 1.15. The Balaban J connectivity index is 1.24. The van der Waals surface area contributed by atoms with Gasteiger partial charge in [0.2, 0.25) is 0 Å². The number of rotatable bonds is 4. The molecule has 0 aliphatic heterocycles. The zero-order chi connectivity index (χ0) is 36.6. The molecular formula is C50H29N5. The summed E-state index contributed by atoms with van der Waals surface area (Å²) in [4.78, 5) is 0. The van der Waals surface area contributed by atoms with E-state index in [1.807, 2.05) is 42.5 Å². The molecule has 3 aromatic heterocycles. The lowest BCUT2D eigenvalue weighted by Gasteiger charge is -2.19. The van der Waals surface area contributed by atoms with Crippen molar-refractivity contribution in [2.75, 3.05) is 0 Å². The van der Waals surface area contributed by atoms with Gasteiger partial charge in [0.05, 0.1) is 73.4 Å². The largest absolute Gasteiger partial charge is 0.309 e. The van der Waals surface area contributed by atoms with Gasteiger partial charge in [-0.2, -0.15) is 10.5 Å². The summed E-state index contributed by atoms with van der Waals surface area (Å²) in [5.41, 5.74) is 12.3. The quantitative estimate of drug-likeness (QED) is 0.184. The van der Waals surface area contributed by atoms with Crippen molar-refractivity contribution in [2.24, 2.45) is 0 Å². The fourth-order valence-corrected chi connectivity index (χ4v) is 8.98. The second-order valence-corrected chi connectivity index (χ2v) is 13.9. The molecule has 0 aliphatic rings. The maximum Gasteiger partial charge on any atom is 0.0998 e. The van der Waals surface area contributed by atoms with Crippen LogP contribution >= 0.6 is 0 Å². The van der Waals surface area contributed by atoms with Gasteiger partial charge in [-0.05, 0) is 66.7 Å². The molecule has 0 bridgehead atoms. The molecule has 0 amide bonds. The molecule has 0 spiro atoms. The number of aromatic nitrogens is 3. The van der Waals surface area contributed by atoms with Crippen molar-refractivity contribution in [3.05, 3.63) is 187 Å². The summed E-state index contributed by atoms with van der Waals surface area (Å²) >= 11 is 0. The first-order valence-corrected chi connectivity index (χ1v) is 18.3.